The lowest BCUT2D eigenvalue weighted by molar-refractivity contribution is 0.0957. The maximum absolute atomic E-state index is 11.6. The molecule has 0 aliphatic heterocycles. The van der Waals surface area contributed by atoms with E-state index in [1.165, 1.54) is 24.3 Å². The molecule has 1 rings (SSSR count). The average Bonchev–Trinajstić information content (AvgIpc) is 2.25. The van der Waals surface area contributed by atoms with E-state index in [4.69, 9.17) is 22.3 Å². The quantitative estimate of drug-likeness (QED) is 0.865. The Morgan fingerprint density at radius 1 is 1.41 bits per heavy atom. The van der Waals surface area contributed by atoms with Gasteiger partial charge in [-0.1, -0.05) is 24.2 Å². The normalized spacial score (nSPS) is 10.9. The molecule has 17 heavy (non-hydrogen) atoms. The standard InChI is InChI=1S/C10H9Cl2NO3S/c1-7(11)6-13-10(14)8-3-2-4-9(5-8)17(12,15)16/h2-5H,1,6H2,(H,13,14). The van der Waals surface area contributed by atoms with Crippen LogP contribution in [-0.4, -0.2) is 20.9 Å². The van der Waals surface area contributed by atoms with Crippen molar-refractivity contribution in [1.82, 2.24) is 5.32 Å². The predicted octanol–water partition coefficient (Wildman–Crippen LogP) is 2.10. The van der Waals surface area contributed by atoms with Gasteiger partial charge in [0.25, 0.3) is 15.0 Å². The molecule has 7 heteroatoms. The Bertz CT molecular complexity index is 554. The third-order valence-electron chi connectivity index (χ3n) is 1.82. The molecule has 0 bridgehead atoms. The average molecular weight is 294 g/mol. The van der Waals surface area contributed by atoms with E-state index in [0.29, 0.717) is 0 Å². The van der Waals surface area contributed by atoms with Crippen LogP contribution in [0.1, 0.15) is 10.4 Å². The maximum atomic E-state index is 11.6. The smallest absolute Gasteiger partial charge is 0.261 e. The molecular formula is C10H9Cl2NO3S. The molecule has 0 unspecified atom stereocenters. The fraction of sp³-hybridized carbons (Fsp3) is 0.100. The molecule has 4 nitrogen and oxygen atoms in total. The van der Waals surface area contributed by atoms with Crippen molar-refractivity contribution in [3.8, 4) is 0 Å². The van der Waals surface area contributed by atoms with Crippen LogP contribution in [0, 0.1) is 0 Å². The molecule has 0 saturated carbocycles. The zero-order chi connectivity index (χ0) is 13.1. The number of hydrogen-bond acceptors (Lipinski definition) is 3. The van der Waals surface area contributed by atoms with Crippen LogP contribution < -0.4 is 5.32 Å². The summed E-state index contributed by atoms with van der Waals surface area (Å²) in [7, 11) is 1.33. The molecule has 0 heterocycles. The second-order valence-corrected chi connectivity index (χ2v) is 6.27. The number of halogens is 2. The number of hydrogen-bond donors (Lipinski definition) is 1. The first-order valence-corrected chi connectivity index (χ1v) is 7.15. The maximum Gasteiger partial charge on any atom is 0.261 e. The van der Waals surface area contributed by atoms with Crippen LogP contribution in [0.5, 0.6) is 0 Å². The van der Waals surface area contributed by atoms with Gasteiger partial charge in [-0.25, -0.2) is 8.42 Å². The SMILES string of the molecule is C=C(Cl)CNC(=O)c1cccc(S(=O)(=O)Cl)c1. The topological polar surface area (TPSA) is 63.2 Å². The van der Waals surface area contributed by atoms with Crippen LogP contribution in [0.4, 0.5) is 0 Å². The molecule has 1 amide bonds. The first-order valence-electron chi connectivity index (χ1n) is 4.47. The molecule has 0 fully saturated rings. The van der Waals surface area contributed by atoms with Gasteiger partial charge < -0.3 is 5.32 Å². The van der Waals surface area contributed by atoms with Gasteiger partial charge in [0.2, 0.25) is 0 Å². The third-order valence-corrected chi connectivity index (χ3v) is 3.30. The van der Waals surface area contributed by atoms with Crippen LogP contribution in [0.3, 0.4) is 0 Å². The first-order chi connectivity index (χ1) is 7.80. The van der Waals surface area contributed by atoms with Crippen molar-refractivity contribution in [2.24, 2.45) is 0 Å². The van der Waals surface area contributed by atoms with Gasteiger partial charge in [-0.15, -0.1) is 0 Å². The molecule has 0 saturated heterocycles. The minimum absolute atomic E-state index is 0.109. The molecule has 0 aliphatic carbocycles. The summed E-state index contributed by atoms with van der Waals surface area (Å²) in [5.41, 5.74) is 0.185. The predicted molar refractivity (Wildman–Crippen MR) is 66.8 cm³/mol. The minimum Gasteiger partial charge on any atom is -0.347 e. The Hall–Kier alpha value is -1.04. The van der Waals surface area contributed by atoms with E-state index in [0.717, 1.165) is 0 Å². The molecule has 0 aliphatic rings. The Morgan fingerprint density at radius 3 is 2.59 bits per heavy atom. The van der Waals surface area contributed by atoms with Crippen LogP contribution >= 0.6 is 22.3 Å². The molecule has 1 aromatic rings. The van der Waals surface area contributed by atoms with Crippen molar-refractivity contribution in [3.63, 3.8) is 0 Å². The number of carbonyl (C=O) groups excluding carboxylic acids is 1. The summed E-state index contributed by atoms with van der Waals surface area (Å²) < 4.78 is 22.1. The summed E-state index contributed by atoms with van der Waals surface area (Å²) in [4.78, 5) is 11.5. The number of benzene rings is 1. The highest BCUT2D eigenvalue weighted by atomic mass is 35.7. The Morgan fingerprint density at radius 2 is 2.06 bits per heavy atom. The number of carbonyl (C=O) groups is 1. The highest BCUT2D eigenvalue weighted by molar-refractivity contribution is 8.13. The van der Waals surface area contributed by atoms with E-state index < -0.39 is 15.0 Å². The van der Waals surface area contributed by atoms with Gasteiger partial charge >= 0.3 is 0 Å². The Labute approximate surface area is 109 Å². The van der Waals surface area contributed by atoms with Crippen LogP contribution in [0.25, 0.3) is 0 Å². The number of rotatable bonds is 4. The summed E-state index contributed by atoms with van der Waals surface area (Å²) in [6, 6.07) is 5.39. The molecule has 0 aromatic heterocycles. The molecule has 0 atom stereocenters. The zero-order valence-electron chi connectivity index (χ0n) is 8.61. The van der Waals surface area contributed by atoms with Gasteiger partial charge in [0, 0.05) is 21.3 Å². The fourth-order valence-corrected chi connectivity index (χ4v) is 1.93. The van der Waals surface area contributed by atoms with Crippen LogP contribution in [-0.2, 0) is 9.05 Å². The summed E-state index contributed by atoms with van der Waals surface area (Å²) in [6.07, 6.45) is 0. The van der Waals surface area contributed by atoms with E-state index in [1.54, 1.807) is 0 Å². The van der Waals surface area contributed by atoms with E-state index in [2.05, 4.69) is 11.9 Å². The van der Waals surface area contributed by atoms with Gasteiger partial charge in [-0.2, -0.15) is 0 Å². The van der Waals surface area contributed by atoms with Crippen LogP contribution in [0.2, 0.25) is 0 Å². The largest absolute Gasteiger partial charge is 0.347 e. The monoisotopic (exact) mass is 293 g/mol. The fourth-order valence-electron chi connectivity index (χ4n) is 1.07. The van der Waals surface area contributed by atoms with Crippen molar-refractivity contribution in [2.45, 2.75) is 4.90 Å². The van der Waals surface area contributed by atoms with E-state index in [-0.39, 0.29) is 22.0 Å². The molecule has 1 N–H and O–H groups in total. The van der Waals surface area contributed by atoms with E-state index in [1.807, 2.05) is 0 Å². The summed E-state index contributed by atoms with van der Waals surface area (Å²) in [6.45, 7) is 3.52. The van der Waals surface area contributed by atoms with Gasteiger partial charge in [0.15, 0.2) is 0 Å². The first kappa shape index (κ1) is 14.0. The number of amides is 1. The Balaban J connectivity index is 2.93. The summed E-state index contributed by atoms with van der Waals surface area (Å²) in [5, 5.41) is 2.75. The summed E-state index contributed by atoms with van der Waals surface area (Å²) in [5.74, 6) is -0.450. The zero-order valence-corrected chi connectivity index (χ0v) is 10.9. The van der Waals surface area contributed by atoms with Crippen molar-refractivity contribution < 1.29 is 13.2 Å². The molecule has 0 radical (unpaired) electrons. The number of nitrogens with one attached hydrogen (secondary N) is 1. The van der Waals surface area contributed by atoms with Crippen molar-refractivity contribution in [1.29, 1.82) is 0 Å². The lowest BCUT2D eigenvalue weighted by atomic mass is 10.2. The molecule has 0 spiro atoms. The van der Waals surface area contributed by atoms with Crippen molar-refractivity contribution in [2.75, 3.05) is 6.54 Å². The molecular weight excluding hydrogens is 285 g/mol. The molecule has 1 aromatic carbocycles. The van der Waals surface area contributed by atoms with Crippen LogP contribution in [0.15, 0.2) is 40.8 Å². The van der Waals surface area contributed by atoms with E-state index >= 15 is 0 Å². The van der Waals surface area contributed by atoms with Gasteiger partial charge in [-0.05, 0) is 18.2 Å². The molecule has 92 valence electrons. The highest BCUT2D eigenvalue weighted by Crippen LogP contribution is 2.16. The second-order valence-electron chi connectivity index (χ2n) is 3.17. The van der Waals surface area contributed by atoms with Gasteiger partial charge in [0.05, 0.1) is 11.4 Å². The minimum atomic E-state index is -3.84. The lowest BCUT2D eigenvalue weighted by Gasteiger charge is -2.04. The Kier molecular flexibility index (Phi) is 4.56. The van der Waals surface area contributed by atoms with Crippen molar-refractivity contribution in [3.05, 3.63) is 41.4 Å². The van der Waals surface area contributed by atoms with Crippen molar-refractivity contribution >= 4 is 37.2 Å². The van der Waals surface area contributed by atoms with Gasteiger partial charge in [0.1, 0.15) is 0 Å². The summed E-state index contributed by atoms with van der Waals surface area (Å²) >= 11 is 5.49. The lowest BCUT2D eigenvalue weighted by Crippen LogP contribution is -2.24. The third kappa shape index (κ3) is 4.38. The highest BCUT2D eigenvalue weighted by Gasteiger charge is 2.13. The van der Waals surface area contributed by atoms with Gasteiger partial charge in [-0.3, -0.25) is 4.79 Å². The second kappa shape index (κ2) is 5.53. The van der Waals surface area contributed by atoms with E-state index in [9.17, 15) is 13.2 Å².